The number of hydrogen-bond donors (Lipinski definition) is 2. The number of amides is 2. The molecule has 0 saturated heterocycles. The molecular weight excluding hydrogens is 497 g/mol. The Morgan fingerprint density at radius 2 is 2.07 bits per heavy atom. The van der Waals surface area contributed by atoms with Gasteiger partial charge in [0, 0.05) is 18.8 Å². The van der Waals surface area contributed by atoms with Crippen LogP contribution in [0.4, 0.5) is 5.69 Å². The third kappa shape index (κ3) is 4.46. The molecule has 3 aromatic rings. The van der Waals surface area contributed by atoms with Crippen molar-refractivity contribution in [3.05, 3.63) is 62.2 Å². The molecule has 0 bridgehead atoms. The first-order valence-corrected chi connectivity index (χ1v) is 10.2. The topological polar surface area (TPSA) is 119 Å². The Bertz CT molecular complexity index is 1140. The zero-order chi connectivity index (χ0) is 22.0. The standard InChI is InChI=1S/C18H16BrCl2N7O2/c1-3-27(22)18(30)15-14(9(2)7-13(21)24-15)25-17(29)11-8-12(19)26-28(11)16-10(20)5-4-6-23-16/h4-8H,3,22H2,1-2H3,(H,25,29). The van der Waals surface area contributed by atoms with Gasteiger partial charge in [0.15, 0.2) is 11.5 Å². The summed E-state index contributed by atoms with van der Waals surface area (Å²) in [4.78, 5) is 34.0. The van der Waals surface area contributed by atoms with Gasteiger partial charge in [0.05, 0.1) is 10.7 Å². The van der Waals surface area contributed by atoms with Gasteiger partial charge in [-0.15, -0.1) is 0 Å². The van der Waals surface area contributed by atoms with Crippen LogP contribution in [0.3, 0.4) is 0 Å². The third-order valence-electron chi connectivity index (χ3n) is 4.08. The van der Waals surface area contributed by atoms with Gasteiger partial charge in [-0.1, -0.05) is 23.2 Å². The number of carbonyl (C=O) groups is 2. The molecule has 3 rings (SSSR count). The van der Waals surface area contributed by atoms with Crippen molar-refractivity contribution in [1.82, 2.24) is 24.8 Å². The first kappa shape index (κ1) is 22.2. The van der Waals surface area contributed by atoms with Gasteiger partial charge in [0.2, 0.25) is 0 Å². The van der Waals surface area contributed by atoms with Crippen LogP contribution in [0.25, 0.3) is 5.82 Å². The number of carbonyl (C=O) groups excluding carboxylic acids is 2. The summed E-state index contributed by atoms with van der Waals surface area (Å²) >= 11 is 15.5. The van der Waals surface area contributed by atoms with Crippen molar-refractivity contribution in [1.29, 1.82) is 0 Å². The van der Waals surface area contributed by atoms with Gasteiger partial charge in [-0.05, 0) is 53.5 Å². The maximum Gasteiger partial charge on any atom is 0.288 e. The lowest BCUT2D eigenvalue weighted by atomic mass is 10.1. The Morgan fingerprint density at radius 1 is 1.33 bits per heavy atom. The smallest absolute Gasteiger partial charge is 0.288 e. The highest BCUT2D eigenvalue weighted by atomic mass is 79.9. The lowest BCUT2D eigenvalue weighted by Crippen LogP contribution is -2.38. The number of hydrogen-bond acceptors (Lipinski definition) is 6. The van der Waals surface area contributed by atoms with Crippen molar-refractivity contribution in [3.63, 3.8) is 0 Å². The van der Waals surface area contributed by atoms with Gasteiger partial charge in [0.25, 0.3) is 11.8 Å². The number of nitrogens with two attached hydrogens (primary N) is 1. The number of aryl methyl sites for hydroxylation is 1. The van der Waals surface area contributed by atoms with Gasteiger partial charge in [-0.3, -0.25) is 14.6 Å². The molecule has 30 heavy (non-hydrogen) atoms. The molecule has 0 aromatic carbocycles. The van der Waals surface area contributed by atoms with Crippen LogP contribution in [0.5, 0.6) is 0 Å². The molecule has 9 nitrogen and oxygen atoms in total. The molecule has 0 aliphatic heterocycles. The minimum absolute atomic E-state index is 0.0706. The Balaban J connectivity index is 2.04. The van der Waals surface area contributed by atoms with Crippen molar-refractivity contribution < 1.29 is 9.59 Å². The Morgan fingerprint density at radius 3 is 2.73 bits per heavy atom. The van der Waals surface area contributed by atoms with Gasteiger partial charge >= 0.3 is 0 Å². The molecule has 0 saturated carbocycles. The van der Waals surface area contributed by atoms with Gasteiger partial charge < -0.3 is 5.32 Å². The average molecular weight is 513 g/mol. The van der Waals surface area contributed by atoms with Crippen LogP contribution in [-0.2, 0) is 0 Å². The maximum absolute atomic E-state index is 13.1. The minimum Gasteiger partial charge on any atom is -0.318 e. The van der Waals surface area contributed by atoms with Crippen molar-refractivity contribution in [2.75, 3.05) is 11.9 Å². The Labute approximate surface area is 190 Å². The number of halogens is 3. The number of nitrogens with zero attached hydrogens (tertiary/aromatic N) is 5. The first-order valence-electron chi connectivity index (χ1n) is 8.64. The molecule has 0 fully saturated rings. The van der Waals surface area contributed by atoms with Crippen molar-refractivity contribution in [2.24, 2.45) is 5.84 Å². The Hall–Kier alpha value is -2.53. The van der Waals surface area contributed by atoms with E-state index in [1.165, 1.54) is 23.0 Å². The summed E-state index contributed by atoms with van der Waals surface area (Å²) < 4.78 is 1.69. The van der Waals surface area contributed by atoms with E-state index in [0.29, 0.717) is 15.2 Å². The van der Waals surface area contributed by atoms with Gasteiger partial charge in [-0.2, -0.15) is 5.10 Å². The molecule has 0 radical (unpaired) electrons. The molecule has 3 heterocycles. The molecule has 156 valence electrons. The molecule has 0 unspecified atom stereocenters. The summed E-state index contributed by atoms with van der Waals surface area (Å²) in [6.45, 7) is 3.65. The second-order valence-electron chi connectivity index (χ2n) is 6.10. The van der Waals surface area contributed by atoms with Crippen LogP contribution in [-0.4, -0.2) is 43.1 Å². The lowest BCUT2D eigenvalue weighted by Gasteiger charge is -2.18. The van der Waals surface area contributed by atoms with Crippen LogP contribution in [0.15, 0.2) is 35.1 Å². The third-order valence-corrected chi connectivity index (χ3v) is 4.96. The number of pyridine rings is 2. The molecule has 0 spiro atoms. The SMILES string of the molecule is CCN(N)C(=O)c1nc(Cl)cc(C)c1NC(=O)c1cc(Br)nn1-c1ncccc1Cl. The van der Waals surface area contributed by atoms with Crippen LogP contribution < -0.4 is 11.2 Å². The summed E-state index contributed by atoms with van der Waals surface area (Å²) in [6, 6.07) is 6.33. The average Bonchev–Trinajstić information content (AvgIpc) is 3.10. The highest BCUT2D eigenvalue weighted by Crippen LogP contribution is 2.26. The molecule has 0 aliphatic rings. The van der Waals surface area contributed by atoms with Crippen LogP contribution in [0.1, 0.15) is 33.5 Å². The van der Waals surface area contributed by atoms with Crippen molar-refractivity contribution in [3.8, 4) is 5.82 Å². The molecule has 3 N–H and O–H groups in total. The van der Waals surface area contributed by atoms with Crippen LogP contribution in [0, 0.1) is 6.92 Å². The van der Waals surface area contributed by atoms with E-state index in [1.54, 1.807) is 26.0 Å². The van der Waals surface area contributed by atoms with Gasteiger partial charge in [0.1, 0.15) is 15.5 Å². The molecule has 12 heteroatoms. The summed E-state index contributed by atoms with van der Waals surface area (Å²) in [5, 5.41) is 8.33. The predicted octanol–water partition coefficient (Wildman–Crippen LogP) is 3.63. The van der Waals surface area contributed by atoms with E-state index in [4.69, 9.17) is 29.0 Å². The normalized spacial score (nSPS) is 10.7. The van der Waals surface area contributed by atoms with E-state index < -0.39 is 11.8 Å². The van der Waals surface area contributed by atoms with Crippen molar-refractivity contribution >= 4 is 56.6 Å². The molecule has 0 aliphatic carbocycles. The largest absolute Gasteiger partial charge is 0.318 e. The summed E-state index contributed by atoms with van der Waals surface area (Å²) in [5.74, 6) is 4.86. The zero-order valence-corrected chi connectivity index (χ0v) is 19.0. The van der Waals surface area contributed by atoms with E-state index in [2.05, 4.69) is 36.3 Å². The lowest BCUT2D eigenvalue weighted by molar-refractivity contribution is 0.0759. The quantitative estimate of drug-likeness (QED) is 0.233. The second kappa shape index (κ2) is 9.09. The highest BCUT2D eigenvalue weighted by Gasteiger charge is 2.24. The van der Waals surface area contributed by atoms with Crippen molar-refractivity contribution in [2.45, 2.75) is 13.8 Å². The fourth-order valence-corrected chi connectivity index (χ4v) is 3.44. The minimum atomic E-state index is -0.583. The number of aromatic nitrogens is 4. The van der Waals surface area contributed by atoms with E-state index in [0.717, 1.165) is 5.01 Å². The van der Waals surface area contributed by atoms with E-state index in [1.807, 2.05) is 0 Å². The summed E-state index contributed by atoms with van der Waals surface area (Å²) in [7, 11) is 0. The molecular formula is C18H16BrCl2N7O2. The van der Waals surface area contributed by atoms with Crippen LogP contribution in [0.2, 0.25) is 10.2 Å². The predicted molar refractivity (Wildman–Crippen MR) is 117 cm³/mol. The first-order chi connectivity index (χ1) is 14.2. The molecule has 3 aromatic heterocycles. The highest BCUT2D eigenvalue weighted by molar-refractivity contribution is 9.10. The molecule has 0 atom stereocenters. The fraction of sp³-hybridized carbons (Fsp3) is 0.167. The van der Waals surface area contributed by atoms with E-state index in [-0.39, 0.29) is 34.6 Å². The number of anilines is 1. The summed E-state index contributed by atoms with van der Waals surface area (Å²) in [6.07, 6.45) is 1.53. The number of nitrogens with one attached hydrogen (secondary N) is 1. The van der Waals surface area contributed by atoms with E-state index in [9.17, 15) is 9.59 Å². The zero-order valence-electron chi connectivity index (χ0n) is 15.9. The Kier molecular flexibility index (Phi) is 6.71. The number of hydrazine groups is 1. The maximum atomic E-state index is 13.1. The van der Waals surface area contributed by atoms with Gasteiger partial charge in [-0.25, -0.2) is 20.5 Å². The van der Waals surface area contributed by atoms with Crippen LogP contribution >= 0.6 is 39.1 Å². The monoisotopic (exact) mass is 511 g/mol. The number of rotatable bonds is 5. The summed E-state index contributed by atoms with van der Waals surface area (Å²) in [5.41, 5.74) is 0.792. The second-order valence-corrected chi connectivity index (χ2v) is 7.71. The fourth-order valence-electron chi connectivity index (χ4n) is 2.61. The van der Waals surface area contributed by atoms with E-state index >= 15 is 0 Å². The molecule has 2 amide bonds.